The first-order valence-electron chi connectivity index (χ1n) is 9.08. The zero-order chi connectivity index (χ0) is 19.0. The van der Waals surface area contributed by atoms with Crippen LogP contribution in [0.2, 0.25) is 0 Å². The van der Waals surface area contributed by atoms with Crippen molar-refractivity contribution in [3.63, 3.8) is 0 Å². The van der Waals surface area contributed by atoms with Crippen LogP contribution in [0, 0.1) is 0 Å². The highest BCUT2D eigenvalue weighted by Crippen LogP contribution is 2.50. The maximum atomic E-state index is 12.8. The molecule has 3 unspecified atom stereocenters. The van der Waals surface area contributed by atoms with Crippen molar-refractivity contribution in [1.82, 2.24) is 4.90 Å². The number of benzene rings is 2. The van der Waals surface area contributed by atoms with E-state index in [9.17, 15) is 13.9 Å². The SMILES string of the molecule is CC(O)C12COC(c3ccc(CF)cc3)N1C(c1ccc(CF)cc1)OC2. The van der Waals surface area contributed by atoms with Gasteiger partial charge in [0.25, 0.3) is 0 Å². The summed E-state index contributed by atoms with van der Waals surface area (Å²) in [4.78, 5) is 2.05. The summed E-state index contributed by atoms with van der Waals surface area (Å²) in [6, 6.07) is 14.3. The van der Waals surface area contributed by atoms with E-state index in [1.54, 1.807) is 31.2 Å². The summed E-state index contributed by atoms with van der Waals surface area (Å²) >= 11 is 0. The third-order valence-corrected chi connectivity index (χ3v) is 5.62. The molecule has 2 aromatic carbocycles. The topological polar surface area (TPSA) is 41.9 Å². The highest BCUT2D eigenvalue weighted by molar-refractivity contribution is 5.29. The van der Waals surface area contributed by atoms with Gasteiger partial charge < -0.3 is 14.6 Å². The lowest BCUT2D eigenvalue weighted by molar-refractivity contribution is -0.0654. The Kier molecular flexibility index (Phi) is 4.99. The van der Waals surface area contributed by atoms with Gasteiger partial charge in [0.2, 0.25) is 0 Å². The van der Waals surface area contributed by atoms with Crippen LogP contribution in [0.25, 0.3) is 0 Å². The minimum atomic E-state index is -0.664. The lowest BCUT2D eigenvalue weighted by Crippen LogP contribution is -2.52. The Morgan fingerprint density at radius 2 is 1.33 bits per heavy atom. The number of aliphatic hydroxyl groups excluding tert-OH is 1. The fourth-order valence-corrected chi connectivity index (χ4v) is 3.90. The number of ether oxygens (including phenoxy) is 2. The van der Waals surface area contributed by atoms with E-state index in [2.05, 4.69) is 0 Å². The molecular formula is C21H23F2NO3. The molecule has 2 heterocycles. The number of hydrogen-bond donors (Lipinski definition) is 1. The molecule has 0 spiro atoms. The van der Waals surface area contributed by atoms with E-state index in [4.69, 9.17) is 9.47 Å². The van der Waals surface area contributed by atoms with Crippen LogP contribution in [0.15, 0.2) is 48.5 Å². The molecule has 3 atom stereocenters. The summed E-state index contributed by atoms with van der Waals surface area (Å²) in [6.45, 7) is 1.38. The Morgan fingerprint density at radius 3 is 1.67 bits per heavy atom. The van der Waals surface area contributed by atoms with Crippen molar-refractivity contribution in [2.75, 3.05) is 13.2 Å². The van der Waals surface area contributed by atoms with Gasteiger partial charge >= 0.3 is 0 Å². The molecule has 2 aromatic rings. The number of halogens is 2. The van der Waals surface area contributed by atoms with E-state index in [0.29, 0.717) is 24.3 Å². The molecule has 0 aliphatic carbocycles. The van der Waals surface area contributed by atoms with Crippen LogP contribution < -0.4 is 0 Å². The highest BCUT2D eigenvalue weighted by atomic mass is 19.1. The zero-order valence-electron chi connectivity index (χ0n) is 15.1. The molecule has 2 saturated heterocycles. The number of rotatable bonds is 5. The molecule has 4 nitrogen and oxygen atoms in total. The van der Waals surface area contributed by atoms with E-state index in [0.717, 1.165) is 11.1 Å². The average Bonchev–Trinajstić information content (AvgIpc) is 3.27. The van der Waals surface area contributed by atoms with Crippen molar-refractivity contribution in [3.05, 3.63) is 70.8 Å². The van der Waals surface area contributed by atoms with Crippen molar-refractivity contribution < 1.29 is 23.4 Å². The molecule has 2 fully saturated rings. The molecule has 2 aliphatic heterocycles. The van der Waals surface area contributed by atoms with Crippen LogP contribution in [-0.4, -0.2) is 34.9 Å². The quantitative estimate of drug-likeness (QED) is 0.863. The molecule has 2 aliphatic rings. The average molecular weight is 375 g/mol. The van der Waals surface area contributed by atoms with Gasteiger partial charge in [-0.05, 0) is 29.2 Å². The van der Waals surface area contributed by atoms with Crippen molar-refractivity contribution in [1.29, 1.82) is 0 Å². The van der Waals surface area contributed by atoms with Gasteiger partial charge in [-0.15, -0.1) is 0 Å². The number of nitrogens with zero attached hydrogens (tertiary/aromatic N) is 1. The molecular weight excluding hydrogens is 352 g/mol. The van der Waals surface area contributed by atoms with Gasteiger partial charge in [0.05, 0.1) is 24.9 Å². The lowest BCUT2D eigenvalue weighted by atomic mass is 9.93. The zero-order valence-corrected chi connectivity index (χ0v) is 15.1. The van der Waals surface area contributed by atoms with Gasteiger partial charge in [0.15, 0.2) is 0 Å². The first kappa shape index (κ1) is 18.5. The minimum absolute atomic E-state index is 0.333. The molecule has 144 valence electrons. The Hall–Kier alpha value is -1.86. The van der Waals surface area contributed by atoms with Gasteiger partial charge in [-0.2, -0.15) is 0 Å². The number of alkyl halides is 2. The van der Waals surface area contributed by atoms with Crippen LogP contribution in [0.4, 0.5) is 8.78 Å². The third-order valence-electron chi connectivity index (χ3n) is 5.62. The monoisotopic (exact) mass is 375 g/mol. The maximum Gasteiger partial charge on any atom is 0.139 e. The normalized spacial score (nSPS) is 29.0. The molecule has 0 bridgehead atoms. The molecule has 6 heteroatoms. The van der Waals surface area contributed by atoms with Crippen LogP contribution >= 0.6 is 0 Å². The van der Waals surface area contributed by atoms with Crippen LogP contribution in [0.3, 0.4) is 0 Å². The lowest BCUT2D eigenvalue weighted by Gasteiger charge is -2.36. The minimum Gasteiger partial charge on any atom is -0.391 e. The first-order chi connectivity index (χ1) is 13.1. The van der Waals surface area contributed by atoms with Gasteiger partial charge in [0, 0.05) is 0 Å². The first-order valence-corrected chi connectivity index (χ1v) is 9.08. The van der Waals surface area contributed by atoms with Gasteiger partial charge in [-0.25, -0.2) is 13.7 Å². The van der Waals surface area contributed by atoms with Gasteiger partial charge in [-0.3, -0.25) is 0 Å². The summed E-state index contributed by atoms with van der Waals surface area (Å²) in [5, 5.41) is 10.5. The van der Waals surface area contributed by atoms with Crippen LogP contribution in [0.5, 0.6) is 0 Å². The largest absolute Gasteiger partial charge is 0.391 e. The van der Waals surface area contributed by atoms with Crippen molar-refractivity contribution in [3.8, 4) is 0 Å². The van der Waals surface area contributed by atoms with E-state index in [1.165, 1.54) is 0 Å². The molecule has 0 saturated carbocycles. The summed E-state index contributed by atoms with van der Waals surface area (Å²) in [7, 11) is 0. The second-order valence-electron chi connectivity index (χ2n) is 7.26. The third kappa shape index (κ3) is 3.06. The summed E-state index contributed by atoms with van der Waals surface area (Å²) < 4.78 is 37.8. The number of hydrogen-bond acceptors (Lipinski definition) is 4. The second-order valence-corrected chi connectivity index (χ2v) is 7.26. The molecule has 0 radical (unpaired) electrons. The molecule has 27 heavy (non-hydrogen) atoms. The van der Waals surface area contributed by atoms with Gasteiger partial charge in [0.1, 0.15) is 25.8 Å². The summed E-state index contributed by atoms with van der Waals surface area (Å²) in [6.07, 6.45) is -1.49. The summed E-state index contributed by atoms with van der Waals surface area (Å²) in [5.74, 6) is 0. The standard InChI is InChI=1S/C21H23F2NO3/c1-14(25)21-12-26-19(17-6-2-15(10-22)3-7-17)24(21)20(27-13-21)18-8-4-16(11-23)5-9-18/h2-9,14,19-20,25H,10-13H2,1H3. The van der Waals surface area contributed by atoms with E-state index in [1.807, 2.05) is 29.2 Å². The second kappa shape index (κ2) is 7.28. The Labute approximate surface area is 157 Å². The smallest absolute Gasteiger partial charge is 0.139 e. The predicted molar refractivity (Wildman–Crippen MR) is 96.1 cm³/mol. The van der Waals surface area contributed by atoms with E-state index >= 15 is 0 Å². The molecule has 4 rings (SSSR count). The van der Waals surface area contributed by atoms with Crippen molar-refractivity contribution in [2.24, 2.45) is 0 Å². The fraction of sp³-hybridized carbons (Fsp3) is 0.429. The van der Waals surface area contributed by atoms with Crippen LogP contribution in [0.1, 0.15) is 41.6 Å². The maximum absolute atomic E-state index is 12.8. The van der Waals surface area contributed by atoms with Crippen molar-refractivity contribution in [2.45, 2.75) is 44.4 Å². The molecule has 0 aromatic heterocycles. The van der Waals surface area contributed by atoms with Gasteiger partial charge in [-0.1, -0.05) is 48.5 Å². The molecule has 1 N–H and O–H groups in total. The predicted octanol–water partition coefficient (Wildman–Crippen LogP) is 3.81. The fourth-order valence-electron chi connectivity index (χ4n) is 3.90. The molecule has 0 amide bonds. The van der Waals surface area contributed by atoms with Crippen LogP contribution in [-0.2, 0) is 22.8 Å². The van der Waals surface area contributed by atoms with E-state index in [-0.39, 0.29) is 0 Å². The summed E-state index contributed by atoms with van der Waals surface area (Å²) in [5.41, 5.74) is 2.31. The Balaban J connectivity index is 1.70. The Morgan fingerprint density at radius 1 is 0.926 bits per heavy atom. The van der Waals surface area contributed by atoms with E-state index < -0.39 is 37.4 Å². The number of fused-ring (bicyclic) bond motifs is 1. The Bertz CT molecular complexity index is 720. The highest BCUT2D eigenvalue weighted by Gasteiger charge is 2.59. The van der Waals surface area contributed by atoms with Crippen molar-refractivity contribution >= 4 is 0 Å². The number of aliphatic hydroxyl groups is 1.